The van der Waals surface area contributed by atoms with Crippen molar-refractivity contribution in [1.29, 1.82) is 0 Å². The third-order valence-electron chi connectivity index (χ3n) is 5.06. The Hall–Kier alpha value is -0.0800. The van der Waals surface area contributed by atoms with E-state index >= 15 is 0 Å². The summed E-state index contributed by atoms with van der Waals surface area (Å²) < 4.78 is 0. The number of rotatable bonds is 5. The zero-order valence-electron chi connectivity index (χ0n) is 12.5. The molecule has 2 fully saturated rings. The Kier molecular flexibility index (Phi) is 5.97. The summed E-state index contributed by atoms with van der Waals surface area (Å²) >= 11 is 0. The Morgan fingerprint density at radius 2 is 1.67 bits per heavy atom. The molecule has 0 amide bonds. The average molecular weight is 252 g/mol. The zero-order chi connectivity index (χ0) is 12.8. The van der Waals surface area contributed by atoms with E-state index in [0.717, 1.165) is 18.1 Å². The fourth-order valence-corrected chi connectivity index (χ4v) is 3.58. The van der Waals surface area contributed by atoms with E-state index in [0.29, 0.717) is 0 Å². The summed E-state index contributed by atoms with van der Waals surface area (Å²) in [5, 5.41) is 3.83. The van der Waals surface area contributed by atoms with Crippen LogP contribution in [0.25, 0.3) is 0 Å². The molecule has 0 aliphatic heterocycles. The van der Waals surface area contributed by atoms with Gasteiger partial charge in [0, 0.05) is 18.1 Å². The van der Waals surface area contributed by atoms with Crippen molar-refractivity contribution in [3.8, 4) is 0 Å². The number of likely N-dealkylation sites (N-methyl/N-ethyl adjacent to an activating group) is 1. The lowest BCUT2D eigenvalue weighted by Crippen LogP contribution is -2.54. The highest BCUT2D eigenvalue weighted by Crippen LogP contribution is 2.29. The van der Waals surface area contributed by atoms with Crippen molar-refractivity contribution in [2.75, 3.05) is 13.6 Å². The Morgan fingerprint density at radius 1 is 0.944 bits per heavy atom. The monoisotopic (exact) mass is 252 g/mol. The lowest BCUT2D eigenvalue weighted by Gasteiger charge is -2.44. The standard InChI is InChI=1S/C16H32N2/c1-3-13-17-15-11-6-4-5-7-12-16(15)18(2)14-9-8-10-14/h14-17H,3-13H2,1-2H3. The molecule has 2 rings (SSSR count). The van der Waals surface area contributed by atoms with Crippen LogP contribution >= 0.6 is 0 Å². The summed E-state index contributed by atoms with van der Waals surface area (Å²) in [4.78, 5) is 2.72. The molecule has 2 aliphatic rings. The summed E-state index contributed by atoms with van der Waals surface area (Å²) in [6, 6.07) is 2.43. The van der Waals surface area contributed by atoms with E-state index in [4.69, 9.17) is 0 Å². The highest BCUT2D eigenvalue weighted by atomic mass is 15.2. The van der Waals surface area contributed by atoms with Crippen LogP contribution in [-0.2, 0) is 0 Å². The van der Waals surface area contributed by atoms with Crippen molar-refractivity contribution >= 4 is 0 Å². The van der Waals surface area contributed by atoms with E-state index in [9.17, 15) is 0 Å². The third-order valence-corrected chi connectivity index (χ3v) is 5.06. The van der Waals surface area contributed by atoms with Crippen LogP contribution in [0.2, 0.25) is 0 Å². The molecule has 18 heavy (non-hydrogen) atoms. The molecule has 1 N–H and O–H groups in total. The second-order valence-electron chi connectivity index (χ2n) is 6.37. The molecular weight excluding hydrogens is 220 g/mol. The molecule has 0 heterocycles. The minimum absolute atomic E-state index is 0.746. The Balaban J connectivity index is 1.93. The second-order valence-corrected chi connectivity index (χ2v) is 6.37. The molecule has 0 saturated heterocycles. The van der Waals surface area contributed by atoms with Gasteiger partial charge in [-0.25, -0.2) is 0 Å². The molecular formula is C16H32N2. The van der Waals surface area contributed by atoms with E-state index < -0.39 is 0 Å². The van der Waals surface area contributed by atoms with Gasteiger partial charge in [-0.05, 0) is 45.7 Å². The maximum Gasteiger partial charge on any atom is 0.0249 e. The van der Waals surface area contributed by atoms with Crippen LogP contribution in [0.4, 0.5) is 0 Å². The topological polar surface area (TPSA) is 15.3 Å². The molecule has 2 atom stereocenters. The molecule has 2 saturated carbocycles. The quantitative estimate of drug-likeness (QED) is 0.805. The van der Waals surface area contributed by atoms with Crippen LogP contribution in [0.5, 0.6) is 0 Å². The molecule has 0 aromatic heterocycles. The second kappa shape index (κ2) is 7.49. The summed E-state index contributed by atoms with van der Waals surface area (Å²) in [5.41, 5.74) is 0. The predicted molar refractivity (Wildman–Crippen MR) is 79.0 cm³/mol. The first-order chi connectivity index (χ1) is 8.83. The predicted octanol–water partition coefficient (Wildman–Crippen LogP) is 3.56. The van der Waals surface area contributed by atoms with E-state index in [-0.39, 0.29) is 0 Å². The van der Waals surface area contributed by atoms with Gasteiger partial charge in [0.25, 0.3) is 0 Å². The first kappa shape index (κ1) is 14.3. The number of hydrogen-bond donors (Lipinski definition) is 1. The van der Waals surface area contributed by atoms with E-state index in [2.05, 4.69) is 24.2 Å². The molecule has 0 spiro atoms. The maximum atomic E-state index is 3.83. The molecule has 106 valence electrons. The Labute approximate surface area is 114 Å². The van der Waals surface area contributed by atoms with Crippen molar-refractivity contribution in [2.45, 2.75) is 89.3 Å². The first-order valence-electron chi connectivity index (χ1n) is 8.28. The highest BCUT2D eigenvalue weighted by molar-refractivity contribution is 4.90. The summed E-state index contributed by atoms with van der Waals surface area (Å²) in [6.07, 6.45) is 14.2. The van der Waals surface area contributed by atoms with Crippen LogP contribution in [0.15, 0.2) is 0 Å². The summed E-state index contributed by atoms with van der Waals surface area (Å²) in [5.74, 6) is 0. The number of nitrogens with zero attached hydrogens (tertiary/aromatic N) is 1. The van der Waals surface area contributed by atoms with Crippen LogP contribution in [0.1, 0.15) is 71.1 Å². The van der Waals surface area contributed by atoms with Gasteiger partial charge < -0.3 is 5.32 Å². The van der Waals surface area contributed by atoms with Crippen LogP contribution in [0.3, 0.4) is 0 Å². The number of nitrogens with one attached hydrogen (secondary N) is 1. The minimum Gasteiger partial charge on any atom is -0.312 e. The molecule has 2 aliphatic carbocycles. The van der Waals surface area contributed by atoms with Gasteiger partial charge in [-0.3, -0.25) is 4.90 Å². The fraction of sp³-hybridized carbons (Fsp3) is 1.00. The van der Waals surface area contributed by atoms with Gasteiger partial charge >= 0.3 is 0 Å². The molecule has 2 unspecified atom stereocenters. The van der Waals surface area contributed by atoms with E-state index in [1.807, 2.05) is 0 Å². The minimum atomic E-state index is 0.746. The highest BCUT2D eigenvalue weighted by Gasteiger charge is 2.32. The molecule has 0 aromatic rings. The molecule has 2 heteroatoms. The zero-order valence-corrected chi connectivity index (χ0v) is 12.5. The molecule has 2 nitrogen and oxygen atoms in total. The van der Waals surface area contributed by atoms with Crippen LogP contribution in [-0.4, -0.2) is 36.6 Å². The summed E-state index contributed by atoms with van der Waals surface area (Å²) in [7, 11) is 2.39. The lowest BCUT2D eigenvalue weighted by molar-refractivity contribution is 0.0740. The van der Waals surface area contributed by atoms with Crippen molar-refractivity contribution in [3.63, 3.8) is 0 Å². The molecule has 0 radical (unpaired) electrons. The SMILES string of the molecule is CCCNC1CCCCCCC1N(C)C1CCC1. The number of hydrogen-bond acceptors (Lipinski definition) is 2. The van der Waals surface area contributed by atoms with Crippen molar-refractivity contribution in [3.05, 3.63) is 0 Å². The van der Waals surface area contributed by atoms with Gasteiger partial charge in [-0.2, -0.15) is 0 Å². The van der Waals surface area contributed by atoms with Crippen molar-refractivity contribution in [1.82, 2.24) is 10.2 Å². The van der Waals surface area contributed by atoms with Crippen LogP contribution < -0.4 is 5.32 Å². The largest absolute Gasteiger partial charge is 0.312 e. The smallest absolute Gasteiger partial charge is 0.0249 e. The maximum absolute atomic E-state index is 3.83. The van der Waals surface area contributed by atoms with Gasteiger partial charge in [-0.1, -0.05) is 39.0 Å². The van der Waals surface area contributed by atoms with Gasteiger partial charge in [0.2, 0.25) is 0 Å². The molecule has 0 bridgehead atoms. The summed E-state index contributed by atoms with van der Waals surface area (Å²) in [6.45, 7) is 3.47. The van der Waals surface area contributed by atoms with Crippen molar-refractivity contribution < 1.29 is 0 Å². The lowest BCUT2D eigenvalue weighted by atomic mass is 9.86. The molecule has 0 aromatic carbocycles. The third kappa shape index (κ3) is 3.71. The van der Waals surface area contributed by atoms with Gasteiger partial charge in [0.15, 0.2) is 0 Å². The van der Waals surface area contributed by atoms with Crippen molar-refractivity contribution in [2.24, 2.45) is 0 Å². The normalized spacial score (nSPS) is 30.8. The van der Waals surface area contributed by atoms with E-state index in [1.54, 1.807) is 0 Å². The fourth-order valence-electron chi connectivity index (χ4n) is 3.58. The van der Waals surface area contributed by atoms with E-state index in [1.165, 1.54) is 70.8 Å². The Morgan fingerprint density at radius 3 is 2.28 bits per heavy atom. The van der Waals surface area contributed by atoms with Gasteiger partial charge in [0.05, 0.1) is 0 Å². The average Bonchev–Trinajstić information content (AvgIpc) is 2.25. The Bertz CT molecular complexity index is 223. The van der Waals surface area contributed by atoms with Gasteiger partial charge in [0.1, 0.15) is 0 Å². The van der Waals surface area contributed by atoms with Crippen LogP contribution in [0, 0.1) is 0 Å². The first-order valence-corrected chi connectivity index (χ1v) is 8.28. The van der Waals surface area contributed by atoms with Gasteiger partial charge in [-0.15, -0.1) is 0 Å².